The minimum Gasteiger partial charge on any atom is -0.294 e. The first-order chi connectivity index (χ1) is 18.7. The normalized spacial score (nSPS) is 19.8. The minimum atomic E-state index is -4.27. The predicted molar refractivity (Wildman–Crippen MR) is 149 cm³/mol. The number of hydrogen-bond acceptors (Lipinski definition) is 3. The molecule has 5 rings (SSSR count). The largest absolute Gasteiger partial charge is 0.395 e. The molecule has 1 aliphatic heterocycles. The van der Waals surface area contributed by atoms with Gasteiger partial charge < -0.3 is 0 Å². The van der Waals surface area contributed by atoms with Crippen molar-refractivity contribution in [1.82, 2.24) is 9.55 Å². The zero-order valence-electron chi connectivity index (χ0n) is 22.4. The first-order valence-electron chi connectivity index (χ1n) is 13.7. The summed E-state index contributed by atoms with van der Waals surface area (Å²) in [6.07, 6.45) is 11.6. The van der Waals surface area contributed by atoms with Crippen LogP contribution in [0.25, 0.3) is 17.5 Å². The number of pyridine rings is 1. The Morgan fingerprint density at radius 1 is 1.26 bits per heavy atom. The summed E-state index contributed by atoms with van der Waals surface area (Å²) in [7, 11) is 0. The van der Waals surface area contributed by atoms with E-state index in [1.807, 2.05) is 18.2 Å². The summed E-state index contributed by atoms with van der Waals surface area (Å²) in [6, 6.07) is 6.26. The van der Waals surface area contributed by atoms with Crippen molar-refractivity contribution in [3.63, 3.8) is 0 Å². The van der Waals surface area contributed by atoms with E-state index in [9.17, 15) is 18.4 Å². The third-order valence-corrected chi connectivity index (χ3v) is 8.22. The molecule has 4 nitrogen and oxygen atoms in total. The second-order valence-electron chi connectivity index (χ2n) is 10.8. The highest BCUT2D eigenvalue weighted by Crippen LogP contribution is 2.45. The number of halogens is 3. The maximum Gasteiger partial charge on any atom is 0.395 e. The topological polar surface area (TPSA) is 54.0 Å². The maximum atomic E-state index is 13.1. The second-order valence-corrected chi connectivity index (χ2v) is 10.8. The molecule has 3 aliphatic rings. The van der Waals surface area contributed by atoms with Crippen molar-refractivity contribution in [2.24, 2.45) is 22.7 Å². The lowest BCUT2D eigenvalue weighted by molar-refractivity contribution is -0.162. The summed E-state index contributed by atoms with van der Waals surface area (Å²) in [6.45, 7) is 7.56. The second kappa shape index (κ2) is 10.8. The fourth-order valence-electron chi connectivity index (χ4n) is 5.62. The van der Waals surface area contributed by atoms with Crippen LogP contribution in [0.15, 0.2) is 65.5 Å². The predicted octanol–water partition coefficient (Wildman–Crippen LogP) is 8.20. The molecular formula is C32H33F3N4. The summed E-state index contributed by atoms with van der Waals surface area (Å²) >= 11 is 0. The number of allylic oxidation sites excluding steroid dienone is 5. The molecule has 0 radical (unpaired) electrons. The lowest BCUT2D eigenvalue weighted by Gasteiger charge is -2.22. The molecule has 0 aromatic carbocycles. The highest BCUT2D eigenvalue weighted by molar-refractivity contribution is 5.97. The van der Waals surface area contributed by atoms with Gasteiger partial charge in [-0.05, 0) is 87.1 Å². The number of alkyl halides is 3. The molecule has 2 aromatic rings. The zero-order chi connectivity index (χ0) is 27.7. The van der Waals surface area contributed by atoms with Crippen molar-refractivity contribution in [2.45, 2.75) is 65.0 Å². The molecule has 39 heavy (non-hydrogen) atoms. The van der Waals surface area contributed by atoms with Gasteiger partial charge in [-0.2, -0.15) is 18.4 Å². The Bertz CT molecular complexity index is 1420. The average molecular weight is 531 g/mol. The lowest BCUT2D eigenvalue weighted by atomic mass is 9.92. The van der Waals surface area contributed by atoms with E-state index in [0.29, 0.717) is 30.0 Å². The minimum absolute atomic E-state index is 0.00331. The number of nitriles is 1. The first kappa shape index (κ1) is 26.9. The smallest absolute Gasteiger partial charge is 0.294 e. The standard InChI is InChI=1S/C32H33F3N4/c1-4-25(32(33,34)35)9-5-8-22-10-15-28(38-19-22)30-27(18-36)26-14-13-24(23-11-12-23)17-29(26)39(30)31-21(3)20(2)7-6-16-37-31/h4,6-7,10,15-17,19,21,23,25H,1,5,8-9,11-14H2,2-3H3. The molecule has 3 heterocycles. The van der Waals surface area contributed by atoms with Crippen molar-refractivity contribution in [2.75, 3.05) is 0 Å². The van der Waals surface area contributed by atoms with Crippen LogP contribution in [-0.4, -0.2) is 21.6 Å². The van der Waals surface area contributed by atoms with Crippen LogP contribution in [0.5, 0.6) is 0 Å². The first-order valence-corrected chi connectivity index (χ1v) is 13.7. The SMILES string of the molecule is C=CC(CCCc1ccc(-c2c(C#N)c3c(n2C2=NC=CC=C(C)C2C)C=C(C2CC2)CC3)nc1)C(F)(F)F. The van der Waals surface area contributed by atoms with Crippen LogP contribution in [0, 0.1) is 29.1 Å². The third-order valence-electron chi connectivity index (χ3n) is 8.22. The van der Waals surface area contributed by atoms with Crippen LogP contribution in [0.2, 0.25) is 0 Å². The van der Waals surface area contributed by atoms with Crippen molar-refractivity contribution in [1.29, 1.82) is 5.26 Å². The van der Waals surface area contributed by atoms with Crippen LogP contribution in [0.1, 0.15) is 68.3 Å². The molecule has 1 fully saturated rings. The Labute approximate surface area is 228 Å². The van der Waals surface area contributed by atoms with Crippen molar-refractivity contribution >= 4 is 11.9 Å². The Balaban J connectivity index is 1.53. The van der Waals surface area contributed by atoms with Gasteiger partial charge in [-0.25, -0.2) is 4.99 Å². The quantitative estimate of drug-likeness (QED) is 0.339. The summed E-state index contributed by atoms with van der Waals surface area (Å²) in [4.78, 5) is 9.57. The summed E-state index contributed by atoms with van der Waals surface area (Å²) in [5.74, 6) is 0.0280. The molecule has 0 saturated heterocycles. The highest BCUT2D eigenvalue weighted by Gasteiger charge is 2.37. The monoisotopic (exact) mass is 530 g/mol. The molecule has 2 atom stereocenters. The average Bonchev–Trinajstić information content (AvgIpc) is 3.74. The molecule has 0 spiro atoms. The highest BCUT2D eigenvalue weighted by atomic mass is 19.4. The van der Waals surface area contributed by atoms with E-state index in [0.717, 1.165) is 47.3 Å². The van der Waals surface area contributed by atoms with Gasteiger partial charge in [0.25, 0.3) is 0 Å². The summed E-state index contributed by atoms with van der Waals surface area (Å²) in [5.41, 5.74) is 7.57. The Kier molecular flexibility index (Phi) is 7.48. The van der Waals surface area contributed by atoms with E-state index in [4.69, 9.17) is 9.98 Å². The molecule has 0 N–H and O–H groups in total. The molecule has 1 saturated carbocycles. The molecular weight excluding hydrogens is 497 g/mol. The van der Waals surface area contributed by atoms with Crippen molar-refractivity contribution in [3.8, 4) is 17.5 Å². The molecule has 2 unspecified atom stereocenters. The molecule has 2 aromatic heterocycles. The number of rotatable bonds is 7. The van der Waals surface area contributed by atoms with Gasteiger partial charge in [0, 0.05) is 18.3 Å². The van der Waals surface area contributed by atoms with Crippen LogP contribution >= 0.6 is 0 Å². The van der Waals surface area contributed by atoms with Crippen molar-refractivity contribution < 1.29 is 13.2 Å². The molecule has 0 amide bonds. The molecule has 202 valence electrons. The lowest BCUT2D eigenvalue weighted by Crippen LogP contribution is -2.24. The Morgan fingerprint density at radius 2 is 2.05 bits per heavy atom. The van der Waals surface area contributed by atoms with Crippen LogP contribution < -0.4 is 0 Å². The van der Waals surface area contributed by atoms with Gasteiger partial charge in [0.1, 0.15) is 11.9 Å². The molecule has 7 heteroatoms. The van der Waals surface area contributed by atoms with E-state index in [2.05, 4.69) is 43.2 Å². The molecule has 0 bridgehead atoms. The number of fused-ring (bicyclic) bond motifs is 1. The molecule has 2 aliphatic carbocycles. The van der Waals surface area contributed by atoms with Crippen LogP contribution in [0.3, 0.4) is 0 Å². The van der Waals surface area contributed by atoms with Gasteiger partial charge in [-0.1, -0.05) is 36.3 Å². The fraction of sp³-hybridized carbons (Fsp3) is 0.406. The Morgan fingerprint density at radius 3 is 2.69 bits per heavy atom. The van der Waals surface area contributed by atoms with Gasteiger partial charge in [0.05, 0.1) is 28.6 Å². The van der Waals surface area contributed by atoms with Crippen LogP contribution in [0.4, 0.5) is 13.2 Å². The summed E-state index contributed by atoms with van der Waals surface area (Å²) in [5, 5.41) is 10.3. The fourth-order valence-corrected chi connectivity index (χ4v) is 5.62. The number of aryl methyl sites for hydroxylation is 1. The van der Waals surface area contributed by atoms with Crippen LogP contribution in [-0.2, 0) is 12.8 Å². The number of hydrogen-bond donors (Lipinski definition) is 0. The van der Waals surface area contributed by atoms with Crippen molar-refractivity contribution in [3.05, 3.63) is 82.9 Å². The van der Waals surface area contributed by atoms with E-state index in [1.54, 1.807) is 12.4 Å². The zero-order valence-corrected chi connectivity index (χ0v) is 22.4. The number of aromatic nitrogens is 2. The van der Waals surface area contributed by atoms with Gasteiger partial charge in [-0.15, -0.1) is 6.58 Å². The number of aliphatic imine (C=N–C) groups is 1. The maximum absolute atomic E-state index is 13.1. The van der Waals surface area contributed by atoms with E-state index >= 15 is 0 Å². The number of nitrogens with zero attached hydrogens (tertiary/aromatic N) is 4. The van der Waals surface area contributed by atoms with E-state index in [1.165, 1.54) is 24.0 Å². The Hall–Kier alpha value is -3.66. The van der Waals surface area contributed by atoms with E-state index in [-0.39, 0.29) is 12.3 Å². The third kappa shape index (κ3) is 5.43. The van der Waals surface area contributed by atoms with Gasteiger partial charge in [0.15, 0.2) is 0 Å². The van der Waals surface area contributed by atoms with E-state index < -0.39 is 12.1 Å². The van der Waals surface area contributed by atoms with Gasteiger partial charge in [0.2, 0.25) is 0 Å². The van der Waals surface area contributed by atoms with Gasteiger partial charge in [-0.3, -0.25) is 9.55 Å². The summed E-state index contributed by atoms with van der Waals surface area (Å²) < 4.78 is 41.3. The van der Waals surface area contributed by atoms with Gasteiger partial charge >= 0.3 is 6.18 Å².